The smallest absolute Gasteiger partial charge is 1.00 e. The van der Waals surface area contributed by atoms with E-state index in [2.05, 4.69) is 4.98 Å². The zero-order chi connectivity index (χ0) is 17.9. The molecule has 2 rings (SSSR count). The number of carbonyl (C=O) groups is 1. The fourth-order valence-electron chi connectivity index (χ4n) is 2.38. The van der Waals surface area contributed by atoms with E-state index in [9.17, 15) is 4.79 Å². The number of thioether (sulfide) groups is 1. The topological polar surface area (TPSA) is 72.6 Å². The molecule has 0 aliphatic heterocycles. The molecule has 0 saturated heterocycles. The van der Waals surface area contributed by atoms with E-state index in [0.717, 1.165) is 55.1 Å². The normalized spacial score (nSPS) is 10.5. The summed E-state index contributed by atoms with van der Waals surface area (Å²) in [7, 11) is 0. The van der Waals surface area contributed by atoms with Crippen LogP contribution in [0.3, 0.4) is 0 Å². The molecular formula is C19H26NNaO4S. The number of hydrogen-bond acceptors (Lipinski definition) is 5. The first-order chi connectivity index (χ1) is 12.2. The van der Waals surface area contributed by atoms with E-state index in [1.165, 1.54) is 11.8 Å². The molecule has 0 atom stereocenters. The van der Waals surface area contributed by atoms with E-state index in [4.69, 9.17) is 14.3 Å². The van der Waals surface area contributed by atoms with Crippen LogP contribution in [0.15, 0.2) is 34.7 Å². The van der Waals surface area contributed by atoms with Crippen LogP contribution in [0.2, 0.25) is 0 Å². The second-order valence-corrected chi connectivity index (χ2v) is 6.86. The van der Waals surface area contributed by atoms with Crippen LogP contribution >= 0.6 is 11.8 Å². The van der Waals surface area contributed by atoms with E-state index in [-0.39, 0.29) is 36.7 Å². The van der Waals surface area contributed by atoms with Gasteiger partial charge in [0.25, 0.3) is 0 Å². The quantitative estimate of drug-likeness (QED) is 0.437. The van der Waals surface area contributed by atoms with E-state index in [1.807, 2.05) is 37.3 Å². The molecule has 0 aliphatic rings. The van der Waals surface area contributed by atoms with Gasteiger partial charge in [-0.25, -0.2) is 4.98 Å². The third-order valence-electron chi connectivity index (χ3n) is 3.70. The van der Waals surface area contributed by atoms with Crippen LogP contribution in [0.5, 0.6) is 0 Å². The molecular weight excluding hydrogens is 361 g/mol. The summed E-state index contributed by atoms with van der Waals surface area (Å²) in [6.07, 6.45) is 3.84. The Labute approximate surface area is 182 Å². The van der Waals surface area contributed by atoms with Gasteiger partial charge in [0.05, 0.1) is 18.1 Å². The Balaban J connectivity index is 0.00000338. The number of aliphatic carboxylic acids is 1. The van der Waals surface area contributed by atoms with Crippen molar-refractivity contribution in [3.8, 4) is 11.5 Å². The van der Waals surface area contributed by atoms with E-state index < -0.39 is 5.97 Å². The monoisotopic (exact) mass is 387 g/mol. The molecule has 0 bridgehead atoms. The largest absolute Gasteiger partial charge is 1.00 e. The SMILES string of the molecule is Cc1oc(-c2ccccc2)nc1CCOCCCCCSCC(=O)O.[H-].[Na+]. The Morgan fingerprint density at radius 2 is 2.00 bits per heavy atom. The molecule has 0 saturated carbocycles. The summed E-state index contributed by atoms with van der Waals surface area (Å²) in [5.74, 6) is 1.85. The van der Waals surface area contributed by atoms with Crippen molar-refractivity contribution < 1.29 is 50.0 Å². The summed E-state index contributed by atoms with van der Waals surface area (Å²) < 4.78 is 11.4. The minimum absolute atomic E-state index is 0. The van der Waals surface area contributed by atoms with E-state index in [0.29, 0.717) is 12.5 Å². The van der Waals surface area contributed by atoms with Crippen molar-refractivity contribution in [3.05, 3.63) is 41.8 Å². The molecule has 0 radical (unpaired) electrons. The maximum Gasteiger partial charge on any atom is 1.00 e. The number of aryl methyl sites for hydroxylation is 1. The van der Waals surface area contributed by atoms with Gasteiger partial charge in [0.2, 0.25) is 5.89 Å². The van der Waals surface area contributed by atoms with Crippen LogP contribution < -0.4 is 29.6 Å². The third kappa shape index (κ3) is 8.73. The predicted octanol–water partition coefficient (Wildman–Crippen LogP) is 1.31. The first-order valence-electron chi connectivity index (χ1n) is 8.56. The van der Waals surface area contributed by atoms with Gasteiger partial charge in [-0.1, -0.05) is 24.6 Å². The average molecular weight is 387 g/mol. The van der Waals surface area contributed by atoms with Crippen LogP contribution in [0.25, 0.3) is 11.5 Å². The van der Waals surface area contributed by atoms with Gasteiger partial charge in [0, 0.05) is 18.6 Å². The number of oxazole rings is 1. The summed E-state index contributed by atoms with van der Waals surface area (Å²) in [5, 5.41) is 8.54. The molecule has 2 aromatic rings. The number of carboxylic acid groups (broad SMARTS) is 1. The molecule has 0 fully saturated rings. The van der Waals surface area contributed by atoms with Gasteiger partial charge >= 0.3 is 35.5 Å². The number of hydrogen-bond donors (Lipinski definition) is 1. The molecule has 1 aromatic heterocycles. The Kier molecular flexibility index (Phi) is 12.0. The van der Waals surface area contributed by atoms with Gasteiger partial charge in [0.1, 0.15) is 5.76 Å². The number of aromatic nitrogens is 1. The molecule has 26 heavy (non-hydrogen) atoms. The summed E-state index contributed by atoms with van der Waals surface area (Å²) in [6.45, 7) is 3.30. The molecule has 7 heteroatoms. The molecule has 0 spiro atoms. The van der Waals surface area contributed by atoms with Gasteiger partial charge in [-0.2, -0.15) is 11.8 Å². The number of ether oxygens (including phenoxy) is 1. The molecule has 5 nitrogen and oxygen atoms in total. The number of rotatable bonds is 12. The zero-order valence-electron chi connectivity index (χ0n) is 16.6. The fraction of sp³-hybridized carbons (Fsp3) is 0.474. The molecule has 0 amide bonds. The zero-order valence-corrected chi connectivity index (χ0v) is 18.4. The average Bonchev–Trinajstić information content (AvgIpc) is 2.98. The van der Waals surface area contributed by atoms with Crippen molar-refractivity contribution in [3.63, 3.8) is 0 Å². The summed E-state index contributed by atoms with van der Waals surface area (Å²) >= 11 is 1.47. The first-order valence-corrected chi connectivity index (χ1v) is 9.71. The van der Waals surface area contributed by atoms with Crippen LogP contribution in [-0.4, -0.2) is 40.8 Å². The fourth-order valence-corrected chi connectivity index (χ4v) is 3.11. The Morgan fingerprint density at radius 1 is 1.23 bits per heavy atom. The first kappa shape index (κ1) is 23.2. The Hall–Kier alpha value is -0.790. The molecule has 0 aliphatic carbocycles. The van der Waals surface area contributed by atoms with E-state index in [1.54, 1.807) is 0 Å². The minimum atomic E-state index is -0.744. The van der Waals surface area contributed by atoms with Gasteiger partial charge in [-0.15, -0.1) is 0 Å². The summed E-state index contributed by atoms with van der Waals surface area (Å²) in [4.78, 5) is 14.9. The minimum Gasteiger partial charge on any atom is -1.00 e. The second kappa shape index (κ2) is 13.4. The van der Waals surface area contributed by atoms with E-state index >= 15 is 0 Å². The van der Waals surface area contributed by atoms with Crippen molar-refractivity contribution in [2.75, 3.05) is 24.7 Å². The van der Waals surface area contributed by atoms with Crippen molar-refractivity contribution >= 4 is 17.7 Å². The molecule has 138 valence electrons. The van der Waals surface area contributed by atoms with Crippen molar-refractivity contribution in [1.82, 2.24) is 4.98 Å². The van der Waals surface area contributed by atoms with Crippen LogP contribution in [-0.2, 0) is 16.0 Å². The van der Waals surface area contributed by atoms with Gasteiger partial charge in [-0.3, -0.25) is 4.79 Å². The van der Waals surface area contributed by atoms with Crippen molar-refractivity contribution in [2.45, 2.75) is 32.6 Å². The number of benzene rings is 1. The molecule has 1 N–H and O–H groups in total. The summed E-state index contributed by atoms with van der Waals surface area (Å²) in [5.41, 5.74) is 1.93. The molecule has 1 aromatic carbocycles. The standard InChI is InChI=1S/C19H25NO4S.Na.H/c1-15-17(20-19(24-15)16-8-4-2-5-9-16)10-12-23-11-6-3-7-13-25-14-18(21)22;;/h2,4-5,8-9H,3,6-7,10-14H2,1H3,(H,21,22);;/q;+1;-1. The van der Waals surface area contributed by atoms with Gasteiger partial charge in [-0.05, 0) is 37.7 Å². The number of carboxylic acids is 1. The van der Waals surface area contributed by atoms with Crippen LogP contribution in [0, 0.1) is 6.92 Å². The number of unbranched alkanes of at least 4 members (excludes halogenated alkanes) is 2. The molecule has 1 heterocycles. The van der Waals surface area contributed by atoms with Crippen molar-refractivity contribution in [2.24, 2.45) is 0 Å². The predicted molar refractivity (Wildman–Crippen MR) is 101 cm³/mol. The Morgan fingerprint density at radius 3 is 2.73 bits per heavy atom. The van der Waals surface area contributed by atoms with Crippen LogP contribution in [0.1, 0.15) is 32.1 Å². The number of nitrogens with zero attached hydrogens (tertiary/aromatic N) is 1. The van der Waals surface area contributed by atoms with Crippen LogP contribution in [0.4, 0.5) is 0 Å². The third-order valence-corrected chi connectivity index (χ3v) is 4.73. The van der Waals surface area contributed by atoms with Crippen molar-refractivity contribution in [1.29, 1.82) is 0 Å². The summed E-state index contributed by atoms with van der Waals surface area (Å²) in [6, 6.07) is 9.88. The van der Waals surface area contributed by atoms with Gasteiger partial charge in [0.15, 0.2) is 0 Å². The molecule has 0 unspecified atom stereocenters. The Bertz CT molecular complexity index is 654. The second-order valence-electron chi connectivity index (χ2n) is 5.76. The van der Waals surface area contributed by atoms with Gasteiger partial charge < -0.3 is 15.7 Å². The maximum absolute atomic E-state index is 10.4. The maximum atomic E-state index is 10.4.